The second-order valence-electron chi connectivity index (χ2n) is 8.05. The Balaban J connectivity index is 2.45. The smallest absolute Gasteiger partial charge is 0.0182 e. The van der Waals surface area contributed by atoms with Gasteiger partial charge in [-0.05, 0) is 26.8 Å². The minimum absolute atomic E-state index is 0.441. The van der Waals surface area contributed by atoms with Crippen LogP contribution in [-0.2, 0) is 0 Å². The maximum atomic E-state index is 3.28. The topological polar surface area (TPSA) is 18.5 Å². The molecule has 0 radical (unpaired) electrons. The molecular weight excluding hydrogens is 294 g/mol. The van der Waals surface area contributed by atoms with Crippen molar-refractivity contribution < 1.29 is 0 Å². The third kappa shape index (κ3) is 8.31. The van der Waals surface area contributed by atoms with Crippen molar-refractivity contribution in [1.82, 2.24) is 15.1 Å². The second-order valence-corrected chi connectivity index (χ2v) is 8.05. The van der Waals surface area contributed by atoms with Gasteiger partial charge in [0.15, 0.2) is 0 Å². The lowest BCUT2D eigenvalue weighted by Crippen LogP contribution is -2.56. The highest BCUT2D eigenvalue weighted by atomic mass is 15.3. The molecule has 0 aromatic heterocycles. The third-order valence-corrected chi connectivity index (χ3v) is 5.95. The molecule has 0 aliphatic carbocycles. The Kier molecular flexibility index (Phi) is 12.0. The minimum Gasteiger partial charge on any atom is -0.318 e. The van der Waals surface area contributed by atoms with E-state index < -0.39 is 0 Å². The van der Waals surface area contributed by atoms with E-state index in [0.717, 1.165) is 6.54 Å². The molecule has 3 nitrogen and oxygen atoms in total. The summed E-state index contributed by atoms with van der Waals surface area (Å²) in [6.45, 7) is 14.5. The molecule has 1 heterocycles. The van der Waals surface area contributed by atoms with E-state index in [1.807, 2.05) is 0 Å². The highest BCUT2D eigenvalue weighted by Crippen LogP contribution is 2.30. The molecule has 0 bridgehead atoms. The van der Waals surface area contributed by atoms with Gasteiger partial charge in [-0.25, -0.2) is 0 Å². The number of nitrogens with zero attached hydrogens (tertiary/aromatic N) is 2. The van der Waals surface area contributed by atoms with E-state index >= 15 is 0 Å². The molecule has 1 saturated heterocycles. The zero-order chi connectivity index (χ0) is 17.7. The van der Waals surface area contributed by atoms with E-state index in [-0.39, 0.29) is 0 Å². The molecule has 24 heavy (non-hydrogen) atoms. The molecular formula is C21H45N3. The van der Waals surface area contributed by atoms with Gasteiger partial charge in [-0.1, -0.05) is 65.2 Å². The zero-order valence-electron chi connectivity index (χ0n) is 17.2. The van der Waals surface area contributed by atoms with Gasteiger partial charge in [0.1, 0.15) is 0 Å². The van der Waals surface area contributed by atoms with E-state index in [1.165, 1.54) is 96.9 Å². The maximum absolute atomic E-state index is 3.28. The third-order valence-electron chi connectivity index (χ3n) is 5.95. The van der Waals surface area contributed by atoms with E-state index in [1.54, 1.807) is 0 Å². The van der Waals surface area contributed by atoms with E-state index in [4.69, 9.17) is 0 Å². The molecule has 1 aliphatic heterocycles. The number of piperazine rings is 1. The predicted octanol–water partition coefficient (Wildman–Crippen LogP) is 4.52. The lowest BCUT2D eigenvalue weighted by Gasteiger charge is -2.46. The van der Waals surface area contributed by atoms with Crippen LogP contribution in [-0.4, -0.2) is 61.7 Å². The summed E-state index contributed by atoms with van der Waals surface area (Å²) in [5.74, 6) is 0. The molecule has 0 amide bonds. The first kappa shape index (κ1) is 21.9. The summed E-state index contributed by atoms with van der Waals surface area (Å²) in [7, 11) is 2.06. The molecule has 1 unspecified atom stereocenters. The fourth-order valence-corrected chi connectivity index (χ4v) is 4.09. The van der Waals surface area contributed by atoms with E-state index in [9.17, 15) is 0 Å². The van der Waals surface area contributed by atoms with E-state index in [2.05, 4.69) is 42.9 Å². The molecule has 1 N–H and O–H groups in total. The monoisotopic (exact) mass is 339 g/mol. The van der Waals surface area contributed by atoms with Crippen LogP contribution in [0.4, 0.5) is 0 Å². The Morgan fingerprint density at radius 2 is 1.33 bits per heavy atom. The van der Waals surface area contributed by atoms with Crippen molar-refractivity contribution in [3.8, 4) is 0 Å². The van der Waals surface area contributed by atoms with Gasteiger partial charge in [-0.3, -0.25) is 9.80 Å². The van der Waals surface area contributed by atoms with Gasteiger partial charge < -0.3 is 5.32 Å². The fourth-order valence-electron chi connectivity index (χ4n) is 4.09. The number of rotatable bonds is 14. The summed E-state index contributed by atoms with van der Waals surface area (Å²) in [6, 6.07) is 0. The van der Waals surface area contributed by atoms with Gasteiger partial charge in [0.2, 0.25) is 0 Å². The number of unbranched alkanes of at least 4 members (excludes halogenated alkanes) is 6. The van der Waals surface area contributed by atoms with Gasteiger partial charge in [-0.15, -0.1) is 0 Å². The average molecular weight is 340 g/mol. The van der Waals surface area contributed by atoms with Crippen LogP contribution in [0.2, 0.25) is 0 Å². The van der Waals surface area contributed by atoms with Gasteiger partial charge in [0, 0.05) is 44.8 Å². The minimum atomic E-state index is 0.441. The van der Waals surface area contributed by atoms with Crippen LogP contribution in [0.15, 0.2) is 0 Å². The van der Waals surface area contributed by atoms with Crippen LogP contribution in [0.1, 0.15) is 85.0 Å². The highest BCUT2D eigenvalue weighted by Gasteiger charge is 2.32. The van der Waals surface area contributed by atoms with Crippen LogP contribution >= 0.6 is 0 Å². The molecule has 0 aromatic carbocycles. The van der Waals surface area contributed by atoms with Crippen molar-refractivity contribution in [2.75, 3.05) is 46.3 Å². The summed E-state index contributed by atoms with van der Waals surface area (Å²) in [5, 5.41) is 3.28. The maximum Gasteiger partial charge on any atom is 0.0182 e. The molecule has 1 fully saturated rings. The molecule has 1 aliphatic rings. The summed E-state index contributed by atoms with van der Waals surface area (Å²) in [4.78, 5) is 5.46. The standard InChI is InChI=1S/C21H45N3/c1-5-7-9-10-12-14-21(3,13-11-8-6-2)24-19-17-23(18-20-24)16-15-22-4/h22H,5-20H2,1-4H3. The van der Waals surface area contributed by atoms with Crippen LogP contribution in [0, 0.1) is 0 Å². The first-order chi connectivity index (χ1) is 11.7. The van der Waals surface area contributed by atoms with Crippen LogP contribution in [0.25, 0.3) is 0 Å². The van der Waals surface area contributed by atoms with Gasteiger partial charge >= 0.3 is 0 Å². The van der Waals surface area contributed by atoms with E-state index in [0.29, 0.717) is 5.54 Å². The molecule has 144 valence electrons. The van der Waals surface area contributed by atoms with Crippen molar-refractivity contribution in [2.24, 2.45) is 0 Å². The van der Waals surface area contributed by atoms with Crippen LogP contribution < -0.4 is 5.32 Å². The average Bonchev–Trinajstić information content (AvgIpc) is 2.60. The van der Waals surface area contributed by atoms with Crippen molar-refractivity contribution in [2.45, 2.75) is 90.5 Å². The van der Waals surface area contributed by atoms with Crippen LogP contribution in [0.5, 0.6) is 0 Å². The lowest BCUT2D eigenvalue weighted by atomic mass is 9.86. The largest absolute Gasteiger partial charge is 0.318 e. The lowest BCUT2D eigenvalue weighted by molar-refractivity contribution is 0.0285. The summed E-state index contributed by atoms with van der Waals surface area (Å²) >= 11 is 0. The summed E-state index contributed by atoms with van der Waals surface area (Å²) in [6.07, 6.45) is 14.0. The molecule has 1 rings (SSSR count). The zero-order valence-corrected chi connectivity index (χ0v) is 17.2. The Morgan fingerprint density at radius 3 is 1.92 bits per heavy atom. The molecule has 1 atom stereocenters. The molecule has 0 spiro atoms. The Bertz CT molecular complexity index is 287. The first-order valence-corrected chi connectivity index (χ1v) is 10.8. The van der Waals surface area contributed by atoms with Crippen molar-refractivity contribution in [3.05, 3.63) is 0 Å². The van der Waals surface area contributed by atoms with Crippen molar-refractivity contribution in [3.63, 3.8) is 0 Å². The number of nitrogens with one attached hydrogen (secondary N) is 1. The Morgan fingerprint density at radius 1 is 0.792 bits per heavy atom. The Hall–Kier alpha value is -0.120. The van der Waals surface area contributed by atoms with Gasteiger partial charge in [-0.2, -0.15) is 0 Å². The van der Waals surface area contributed by atoms with Gasteiger partial charge in [0.05, 0.1) is 0 Å². The SMILES string of the molecule is CCCCCCCC(C)(CCCCC)N1CCN(CCNC)CC1. The van der Waals surface area contributed by atoms with Crippen molar-refractivity contribution in [1.29, 1.82) is 0 Å². The number of hydrogen-bond donors (Lipinski definition) is 1. The summed E-state index contributed by atoms with van der Waals surface area (Å²) in [5.41, 5.74) is 0.441. The van der Waals surface area contributed by atoms with Crippen molar-refractivity contribution >= 4 is 0 Å². The molecule has 3 heteroatoms. The Labute approximate surface area is 152 Å². The van der Waals surface area contributed by atoms with Gasteiger partial charge in [0.25, 0.3) is 0 Å². The van der Waals surface area contributed by atoms with Crippen LogP contribution in [0.3, 0.4) is 0 Å². The summed E-state index contributed by atoms with van der Waals surface area (Å²) < 4.78 is 0. The highest BCUT2D eigenvalue weighted by molar-refractivity contribution is 4.89. The first-order valence-electron chi connectivity index (χ1n) is 10.8. The molecule has 0 aromatic rings. The predicted molar refractivity (Wildman–Crippen MR) is 108 cm³/mol. The number of hydrogen-bond acceptors (Lipinski definition) is 3. The quantitative estimate of drug-likeness (QED) is 0.469. The molecule has 0 saturated carbocycles. The normalized spacial score (nSPS) is 19.5. The fraction of sp³-hybridized carbons (Fsp3) is 1.00. The number of likely N-dealkylation sites (N-methyl/N-ethyl adjacent to an activating group) is 1. The second kappa shape index (κ2) is 13.1.